The van der Waals surface area contributed by atoms with Crippen LogP contribution in [0.25, 0.3) is 0 Å². The molecule has 2 atom stereocenters. The molecule has 1 saturated heterocycles. The van der Waals surface area contributed by atoms with Crippen molar-refractivity contribution >= 4 is 0 Å². The number of methoxy groups -OCH3 is 1. The van der Waals surface area contributed by atoms with E-state index >= 15 is 0 Å². The molecule has 0 aliphatic carbocycles. The van der Waals surface area contributed by atoms with Crippen molar-refractivity contribution in [2.75, 3.05) is 33.4 Å². The van der Waals surface area contributed by atoms with Crippen LogP contribution < -0.4 is 5.32 Å². The molecular formula is C12H25NO3. The van der Waals surface area contributed by atoms with Crippen molar-refractivity contribution in [1.82, 2.24) is 5.32 Å². The minimum atomic E-state index is 0.329. The molecule has 1 N–H and O–H groups in total. The van der Waals surface area contributed by atoms with Crippen LogP contribution in [0.5, 0.6) is 0 Å². The van der Waals surface area contributed by atoms with Crippen molar-refractivity contribution in [3.05, 3.63) is 0 Å². The number of ether oxygens (including phenoxy) is 3. The largest absolute Gasteiger partial charge is 0.383 e. The Kier molecular flexibility index (Phi) is 6.96. The zero-order valence-electron chi connectivity index (χ0n) is 10.7. The van der Waals surface area contributed by atoms with Crippen LogP contribution in [0.3, 0.4) is 0 Å². The van der Waals surface area contributed by atoms with Crippen molar-refractivity contribution in [3.8, 4) is 0 Å². The van der Waals surface area contributed by atoms with Gasteiger partial charge in [-0.1, -0.05) is 0 Å². The van der Waals surface area contributed by atoms with Crippen molar-refractivity contribution in [1.29, 1.82) is 0 Å². The van der Waals surface area contributed by atoms with E-state index < -0.39 is 0 Å². The quantitative estimate of drug-likeness (QED) is 0.668. The molecule has 2 unspecified atom stereocenters. The molecule has 4 nitrogen and oxygen atoms in total. The van der Waals surface area contributed by atoms with Crippen molar-refractivity contribution in [2.45, 2.75) is 45.0 Å². The van der Waals surface area contributed by atoms with Gasteiger partial charge in [-0.15, -0.1) is 0 Å². The average Bonchev–Trinajstić information content (AvgIpc) is 2.22. The maximum absolute atomic E-state index is 5.82. The third-order valence-corrected chi connectivity index (χ3v) is 2.77. The second kappa shape index (κ2) is 8.01. The second-order valence-electron chi connectivity index (χ2n) is 4.46. The Morgan fingerprint density at radius 1 is 1.12 bits per heavy atom. The van der Waals surface area contributed by atoms with Gasteiger partial charge >= 0.3 is 0 Å². The second-order valence-corrected chi connectivity index (χ2v) is 4.46. The zero-order chi connectivity index (χ0) is 11.8. The van der Waals surface area contributed by atoms with Crippen LogP contribution in [0.2, 0.25) is 0 Å². The molecule has 1 aliphatic heterocycles. The Hall–Kier alpha value is -0.160. The highest BCUT2D eigenvalue weighted by molar-refractivity contribution is 4.73. The van der Waals surface area contributed by atoms with Gasteiger partial charge in [-0.2, -0.15) is 0 Å². The first kappa shape index (κ1) is 13.9. The molecule has 0 aromatic carbocycles. The van der Waals surface area contributed by atoms with E-state index in [4.69, 9.17) is 14.2 Å². The van der Waals surface area contributed by atoms with E-state index in [1.54, 1.807) is 7.11 Å². The summed E-state index contributed by atoms with van der Waals surface area (Å²) in [5.74, 6) is 0. The van der Waals surface area contributed by atoms with E-state index in [0.717, 1.165) is 39.1 Å². The zero-order valence-corrected chi connectivity index (χ0v) is 10.7. The molecule has 16 heavy (non-hydrogen) atoms. The van der Waals surface area contributed by atoms with Crippen LogP contribution in [0.4, 0.5) is 0 Å². The van der Waals surface area contributed by atoms with Crippen LogP contribution >= 0.6 is 0 Å². The van der Waals surface area contributed by atoms with Gasteiger partial charge in [0, 0.05) is 20.2 Å². The normalized spacial score (nSPS) is 30.6. The Balaban J connectivity index is 1.99. The predicted octanol–water partition coefficient (Wildman–Crippen LogP) is 1.19. The van der Waals surface area contributed by atoms with Gasteiger partial charge in [-0.25, -0.2) is 0 Å². The average molecular weight is 231 g/mol. The molecule has 0 saturated carbocycles. The van der Waals surface area contributed by atoms with Crippen molar-refractivity contribution in [2.24, 2.45) is 0 Å². The van der Waals surface area contributed by atoms with Gasteiger partial charge < -0.3 is 19.5 Å². The topological polar surface area (TPSA) is 39.7 Å². The minimum Gasteiger partial charge on any atom is -0.383 e. The fourth-order valence-corrected chi connectivity index (χ4v) is 2.08. The monoisotopic (exact) mass is 231 g/mol. The maximum Gasteiger partial charge on any atom is 0.0625 e. The summed E-state index contributed by atoms with van der Waals surface area (Å²) < 4.78 is 16.4. The van der Waals surface area contributed by atoms with Gasteiger partial charge in [0.1, 0.15) is 0 Å². The smallest absolute Gasteiger partial charge is 0.0625 e. The van der Waals surface area contributed by atoms with Crippen LogP contribution in [0.15, 0.2) is 0 Å². The first-order chi connectivity index (χ1) is 7.72. The summed E-state index contributed by atoms with van der Waals surface area (Å²) in [7, 11) is 1.71. The highest BCUT2D eigenvalue weighted by Gasteiger charge is 2.24. The SMILES string of the molecule is COCCNCCOC1CC(C)OC(C)C1. The molecule has 0 aromatic rings. The Labute approximate surface area is 98.6 Å². The third kappa shape index (κ3) is 5.80. The molecule has 1 heterocycles. The van der Waals surface area contributed by atoms with Crippen molar-refractivity contribution in [3.63, 3.8) is 0 Å². The molecule has 1 rings (SSSR count). The summed E-state index contributed by atoms with van der Waals surface area (Å²) in [5, 5.41) is 3.27. The van der Waals surface area contributed by atoms with Gasteiger partial charge in [0.25, 0.3) is 0 Å². The number of nitrogens with one attached hydrogen (secondary N) is 1. The standard InChI is InChI=1S/C12H25NO3/c1-10-8-12(9-11(2)16-10)15-7-5-13-4-6-14-3/h10-13H,4-9H2,1-3H3. The lowest BCUT2D eigenvalue weighted by atomic mass is 10.0. The molecule has 1 fully saturated rings. The molecule has 96 valence electrons. The molecule has 1 aliphatic rings. The molecule has 0 bridgehead atoms. The van der Waals surface area contributed by atoms with E-state index in [1.807, 2.05) is 0 Å². The Bertz CT molecular complexity index is 168. The highest BCUT2D eigenvalue weighted by Crippen LogP contribution is 2.21. The lowest BCUT2D eigenvalue weighted by molar-refractivity contribution is -0.101. The number of hydrogen-bond acceptors (Lipinski definition) is 4. The molecule has 4 heteroatoms. The van der Waals surface area contributed by atoms with Gasteiger partial charge in [0.2, 0.25) is 0 Å². The summed E-state index contributed by atoms with van der Waals surface area (Å²) in [5.41, 5.74) is 0. The van der Waals surface area contributed by atoms with Crippen LogP contribution in [0, 0.1) is 0 Å². The van der Waals surface area contributed by atoms with E-state index in [9.17, 15) is 0 Å². The van der Waals surface area contributed by atoms with Crippen LogP contribution in [-0.2, 0) is 14.2 Å². The lowest BCUT2D eigenvalue weighted by Crippen LogP contribution is -2.35. The molecule has 0 amide bonds. The van der Waals surface area contributed by atoms with E-state index in [-0.39, 0.29) is 0 Å². The van der Waals surface area contributed by atoms with Gasteiger partial charge in [0.15, 0.2) is 0 Å². The molecule has 0 radical (unpaired) electrons. The van der Waals surface area contributed by atoms with E-state index in [0.29, 0.717) is 18.3 Å². The van der Waals surface area contributed by atoms with Crippen LogP contribution in [-0.4, -0.2) is 51.7 Å². The summed E-state index contributed by atoms with van der Waals surface area (Å²) >= 11 is 0. The molecular weight excluding hydrogens is 206 g/mol. The fourth-order valence-electron chi connectivity index (χ4n) is 2.08. The molecule has 0 spiro atoms. The Morgan fingerprint density at radius 2 is 1.75 bits per heavy atom. The Morgan fingerprint density at radius 3 is 2.38 bits per heavy atom. The summed E-state index contributed by atoms with van der Waals surface area (Å²) in [4.78, 5) is 0. The van der Waals surface area contributed by atoms with Gasteiger partial charge in [-0.3, -0.25) is 0 Å². The van der Waals surface area contributed by atoms with Gasteiger partial charge in [0.05, 0.1) is 31.5 Å². The summed E-state index contributed by atoms with van der Waals surface area (Å²) in [6.45, 7) is 7.54. The number of rotatable bonds is 7. The fraction of sp³-hybridized carbons (Fsp3) is 1.00. The lowest BCUT2D eigenvalue weighted by Gasteiger charge is -2.32. The first-order valence-corrected chi connectivity index (χ1v) is 6.19. The molecule has 0 aromatic heterocycles. The van der Waals surface area contributed by atoms with Crippen LogP contribution in [0.1, 0.15) is 26.7 Å². The predicted molar refractivity (Wildman–Crippen MR) is 63.7 cm³/mol. The third-order valence-electron chi connectivity index (χ3n) is 2.77. The minimum absolute atomic E-state index is 0.329. The van der Waals surface area contributed by atoms with E-state index in [1.165, 1.54) is 0 Å². The van der Waals surface area contributed by atoms with E-state index in [2.05, 4.69) is 19.2 Å². The summed E-state index contributed by atoms with van der Waals surface area (Å²) in [6, 6.07) is 0. The van der Waals surface area contributed by atoms with Crippen molar-refractivity contribution < 1.29 is 14.2 Å². The first-order valence-electron chi connectivity index (χ1n) is 6.19. The maximum atomic E-state index is 5.82. The van der Waals surface area contributed by atoms with Gasteiger partial charge in [-0.05, 0) is 26.7 Å². The summed E-state index contributed by atoms with van der Waals surface area (Å²) in [6.07, 6.45) is 3.05. The number of hydrogen-bond donors (Lipinski definition) is 1. The highest BCUT2D eigenvalue weighted by atomic mass is 16.5.